The summed E-state index contributed by atoms with van der Waals surface area (Å²) in [6.45, 7) is 1.91. The van der Waals surface area contributed by atoms with E-state index in [9.17, 15) is 9.59 Å². The maximum absolute atomic E-state index is 12.0. The van der Waals surface area contributed by atoms with Gasteiger partial charge >= 0.3 is 0 Å². The minimum absolute atomic E-state index is 0.0124. The first kappa shape index (κ1) is 13.1. The number of hydrogen-bond donors (Lipinski definition) is 2. The first-order valence-corrected chi connectivity index (χ1v) is 7.11. The Morgan fingerprint density at radius 3 is 3.00 bits per heavy atom. The molecule has 106 valence electrons. The second kappa shape index (κ2) is 5.63. The molecule has 1 aromatic rings. The quantitative estimate of drug-likeness (QED) is 0.845. The van der Waals surface area contributed by atoms with Crippen LogP contribution in [0.1, 0.15) is 17.5 Å². The molecular formula is C15H19N3O2. The minimum Gasteiger partial charge on any atom is -0.354 e. The monoisotopic (exact) mass is 273 g/mol. The van der Waals surface area contributed by atoms with Crippen molar-refractivity contribution in [3.8, 4) is 0 Å². The predicted molar refractivity (Wildman–Crippen MR) is 76.5 cm³/mol. The number of aryl methyl sites for hydroxylation is 2. The van der Waals surface area contributed by atoms with Gasteiger partial charge in [0.2, 0.25) is 11.8 Å². The van der Waals surface area contributed by atoms with Gasteiger partial charge in [0.1, 0.15) is 0 Å². The Kier molecular flexibility index (Phi) is 3.69. The van der Waals surface area contributed by atoms with Crippen molar-refractivity contribution in [3.63, 3.8) is 0 Å². The molecule has 1 saturated heterocycles. The minimum atomic E-state index is -0.0577. The van der Waals surface area contributed by atoms with Crippen LogP contribution in [0.4, 0.5) is 5.69 Å². The normalized spacial score (nSPS) is 18.5. The molecular weight excluding hydrogens is 254 g/mol. The standard InChI is InChI=1S/C15H19N3O2/c19-14-9-18(7-6-16-14)10-15(20)17-13-5-4-11-2-1-3-12(11)8-13/h4-5,8H,1-3,6-7,9-10H2,(H,16,19)(H,17,20). The topological polar surface area (TPSA) is 61.4 Å². The summed E-state index contributed by atoms with van der Waals surface area (Å²) in [6.07, 6.45) is 3.45. The van der Waals surface area contributed by atoms with Gasteiger partial charge in [-0.25, -0.2) is 0 Å². The number of nitrogens with zero attached hydrogens (tertiary/aromatic N) is 1. The molecule has 20 heavy (non-hydrogen) atoms. The van der Waals surface area contributed by atoms with E-state index in [0.717, 1.165) is 25.1 Å². The number of piperazine rings is 1. The number of benzene rings is 1. The number of carbonyl (C=O) groups excluding carboxylic acids is 2. The van der Waals surface area contributed by atoms with E-state index in [4.69, 9.17) is 0 Å². The largest absolute Gasteiger partial charge is 0.354 e. The zero-order valence-electron chi connectivity index (χ0n) is 11.4. The molecule has 0 saturated carbocycles. The summed E-state index contributed by atoms with van der Waals surface area (Å²) in [7, 11) is 0. The van der Waals surface area contributed by atoms with Crippen molar-refractivity contribution in [1.29, 1.82) is 0 Å². The third-order valence-electron chi connectivity index (χ3n) is 3.87. The van der Waals surface area contributed by atoms with Gasteiger partial charge in [-0.15, -0.1) is 0 Å². The highest BCUT2D eigenvalue weighted by Crippen LogP contribution is 2.24. The Morgan fingerprint density at radius 1 is 1.30 bits per heavy atom. The van der Waals surface area contributed by atoms with Crippen LogP contribution in [0.15, 0.2) is 18.2 Å². The Hall–Kier alpha value is -1.88. The molecule has 0 unspecified atom stereocenters. The molecule has 1 aliphatic carbocycles. The highest BCUT2D eigenvalue weighted by atomic mass is 16.2. The van der Waals surface area contributed by atoms with Gasteiger partial charge in [-0.2, -0.15) is 0 Å². The van der Waals surface area contributed by atoms with Crippen molar-refractivity contribution < 1.29 is 9.59 Å². The van der Waals surface area contributed by atoms with Gasteiger partial charge in [0.15, 0.2) is 0 Å². The fraction of sp³-hybridized carbons (Fsp3) is 0.467. The van der Waals surface area contributed by atoms with E-state index in [-0.39, 0.29) is 18.4 Å². The summed E-state index contributed by atoms with van der Waals surface area (Å²) >= 11 is 0. The fourth-order valence-corrected chi connectivity index (χ4v) is 2.88. The van der Waals surface area contributed by atoms with Crippen molar-refractivity contribution in [2.24, 2.45) is 0 Å². The van der Waals surface area contributed by atoms with Crippen molar-refractivity contribution in [1.82, 2.24) is 10.2 Å². The van der Waals surface area contributed by atoms with Crippen LogP contribution in [0.3, 0.4) is 0 Å². The number of rotatable bonds is 3. The van der Waals surface area contributed by atoms with Crippen LogP contribution >= 0.6 is 0 Å². The Bertz CT molecular complexity index is 542. The molecule has 5 nitrogen and oxygen atoms in total. The zero-order valence-corrected chi connectivity index (χ0v) is 11.4. The van der Waals surface area contributed by atoms with Gasteiger partial charge in [-0.1, -0.05) is 6.07 Å². The fourth-order valence-electron chi connectivity index (χ4n) is 2.88. The van der Waals surface area contributed by atoms with Crippen LogP contribution in [0, 0.1) is 0 Å². The number of anilines is 1. The second-order valence-corrected chi connectivity index (χ2v) is 5.45. The lowest BCUT2D eigenvalue weighted by molar-refractivity contribution is -0.125. The third kappa shape index (κ3) is 2.99. The number of amides is 2. The van der Waals surface area contributed by atoms with Crippen molar-refractivity contribution in [2.75, 3.05) is 31.5 Å². The first-order chi connectivity index (χ1) is 9.70. The highest BCUT2D eigenvalue weighted by Gasteiger charge is 2.19. The van der Waals surface area contributed by atoms with Crippen LogP contribution in [-0.4, -0.2) is 42.9 Å². The molecule has 3 rings (SSSR count). The number of fused-ring (bicyclic) bond motifs is 1. The van der Waals surface area contributed by atoms with E-state index in [1.54, 1.807) is 0 Å². The van der Waals surface area contributed by atoms with E-state index in [2.05, 4.69) is 22.8 Å². The molecule has 0 atom stereocenters. The van der Waals surface area contributed by atoms with Crippen LogP contribution in [0.25, 0.3) is 0 Å². The van der Waals surface area contributed by atoms with Crippen molar-refractivity contribution in [2.45, 2.75) is 19.3 Å². The summed E-state index contributed by atoms with van der Waals surface area (Å²) in [6, 6.07) is 6.14. The van der Waals surface area contributed by atoms with Gasteiger partial charge in [-0.05, 0) is 42.5 Å². The molecule has 2 amide bonds. The molecule has 1 fully saturated rings. The molecule has 2 aliphatic rings. The number of carbonyl (C=O) groups is 2. The second-order valence-electron chi connectivity index (χ2n) is 5.45. The van der Waals surface area contributed by atoms with Gasteiger partial charge in [0.05, 0.1) is 13.1 Å². The number of nitrogens with one attached hydrogen (secondary N) is 2. The van der Waals surface area contributed by atoms with Crippen LogP contribution in [-0.2, 0) is 22.4 Å². The summed E-state index contributed by atoms with van der Waals surface area (Å²) in [4.78, 5) is 25.1. The molecule has 0 aromatic heterocycles. The molecule has 1 heterocycles. The van der Waals surface area contributed by atoms with Gasteiger partial charge in [-0.3, -0.25) is 14.5 Å². The number of hydrogen-bond acceptors (Lipinski definition) is 3. The summed E-state index contributed by atoms with van der Waals surface area (Å²) in [5.74, 6) is -0.0702. The van der Waals surface area contributed by atoms with E-state index < -0.39 is 0 Å². The zero-order chi connectivity index (χ0) is 13.9. The molecule has 0 spiro atoms. The molecule has 1 aliphatic heterocycles. The third-order valence-corrected chi connectivity index (χ3v) is 3.87. The molecule has 0 radical (unpaired) electrons. The Balaban J connectivity index is 1.57. The van der Waals surface area contributed by atoms with Gasteiger partial charge < -0.3 is 10.6 Å². The lowest BCUT2D eigenvalue weighted by Crippen LogP contribution is -2.49. The molecule has 1 aromatic carbocycles. The van der Waals surface area contributed by atoms with Crippen LogP contribution in [0.2, 0.25) is 0 Å². The van der Waals surface area contributed by atoms with Crippen LogP contribution < -0.4 is 10.6 Å². The summed E-state index contributed by atoms with van der Waals surface area (Å²) < 4.78 is 0. The predicted octanol–water partition coefficient (Wildman–Crippen LogP) is 0.546. The molecule has 5 heteroatoms. The van der Waals surface area contributed by atoms with Crippen molar-refractivity contribution >= 4 is 17.5 Å². The summed E-state index contributed by atoms with van der Waals surface area (Å²) in [5.41, 5.74) is 3.60. The highest BCUT2D eigenvalue weighted by molar-refractivity contribution is 5.92. The van der Waals surface area contributed by atoms with Gasteiger partial charge in [0, 0.05) is 18.8 Å². The summed E-state index contributed by atoms with van der Waals surface area (Å²) in [5, 5.41) is 5.67. The molecule has 0 bridgehead atoms. The van der Waals surface area contributed by atoms with E-state index in [1.807, 2.05) is 11.0 Å². The van der Waals surface area contributed by atoms with Crippen molar-refractivity contribution in [3.05, 3.63) is 29.3 Å². The average Bonchev–Trinajstić information content (AvgIpc) is 2.86. The van der Waals surface area contributed by atoms with Gasteiger partial charge in [0.25, 0.3) is 0 Å². The van der Waals surface area contributed by atoms with Crippen LogP contribution in [0.5, 0.6) is 0 Å². The lowest BCUT2D eigenvalue weighted by atomic mass is 10.1. The lowest BCUT2D eigenvalue weighted by Gasteiger charge is -2.25. The SMILES string of the molecule is O=C1CN(CC(=O)Nc2ccc3c(c2)CCC3)CCN1. The van der Waals surface area contributed by atoms with E-state index in [0.29, 0.717) is 13.1 Å². The first-order valence-electron chi connectivity index (χ1n) is 7.11. The maximum atomic E-state index is 12.0. The smallest absolute Gasteiger partial charge is 0.238 e. The van der Waals surface area contributed by atoms with E-state index >= 15 is 0 Å². The average molecular weight is 273 g/mol. The van der Waals surface area contributed by atoms with E-state index in [1.165, 1.54) is 17.5 Å². The maximum Gasteiger partial charge on any atom is 0.238 e. The Morgan fingerprint density at radius 2 is 2.15 bits per heavy atom. The molecule has 2 N–H and O–H groups in total. The Labute approximate surface area is 118 Å².